The van der Waals surface area contributed by atoms with Gasteiger partial charge in [-0.1, -0.05) is 19.2 Å². The molecule has 0 aromatic rings. The Morgan fingerprint density at radius 1 is 1.50 bits per heavy atom. The van der Waals surface area contributed by atoms with Gasteiger partial charge in [0.1, 0.15) is 0 Å². The van der Waals surface area contributed by atoms with Crippen molar-refractivity contribution < 1.29 is 9.53 Å². The highest BCUT2D eigenvalue weighted by molar-refractivity contribution is 8.00. The summed E-state index contributed by atoms with van der Waals surface area (Å²) in [7, 11) is 0. The smallest absolute Gasteiger partial charge is 0.331 e. The topological polar surface area (TPSA) is 26.3 Å². The zero-order valence-corrected chi connectivity index (χ0v) is 7.68. The Morgan fingerprint density at radius 3 is 2.58 bits per heavy atom. The van der Waals surface area contributed by atoms with Crippen molar-refractivity contribution >= 4 is 17.7 Å². The SMILES string of the molecule is C=CCSC(C=C)OC(=O)C=C. The molecule has 1 unspecified atom stereocenters. The fourth-order valence-corrected chi connectivity index (χ4v) is 1.10. The molecule has 0 rings (SSSR count). The van der Waals surface area contributed by atoms with Gasteiger partial charge in [0.15, 0.2) is 5.44 Å². The lowest BCUT2D eigenvalue weighted by atomic mass is 10.6. The zero-order chi connectivity index (χ0) is 9.40. The molecule has 0 spiro atoms. The summed E-state index contributed by atoms with van der Waals surface area (Å²) >= 11 is 1.44. The van der Waals surface area contributed by atoms with Gasteiger partial charge in [0.05, 0.1) is 0 Å². The third-order valence-corrected chi connectivity index (χ3v) is 2.02. The lowest BCUT2D eigenvalue weighted by Crippen LogP contribution is -2.10. The Kier molecular flexibility index (Phi) is 6.19. The number of rotatable bonds is 6. The van der Waals surface area contributed by atoms with Crippen molar-refractivity contribution in [2.45, 2.75) is 5.44 Å². The maximum Gasteiger partial charge on any atom is 0.331 e. The van der Waals surface area contributed by atoms with Crippen LogP contribution in [-0.2, 0) is 9.53 Å². The molecule has 1 atom stereocenters. The first-order valence-corrected chi connectivity index (χ1v) is 4.47. The standard InChI is InChI=1S/C9H12O2S/c1-4-7-12-9(6-3)11-8(10)5-2/h4-6,9H,1-3,7H2. The summed E-state index contributed by atoms with van der Waals surface area (Å²) in [6.45, 7) is 10.4. The highest BCUT2D eigenvalue weighted by atomic mass is 32.2. The molecule has 66 valence electrons. The van der Waals surface area contributed by atoms with E-state index in [4.69, 9.17) is 4.74 Å². The van der Waals surface area contributed by atoms with E-state index >= 15 is 0 Å². The molecule has 0 aromatic carbocycles. The van der Waals surface area contributed by atoms with E-state index in [0.717, 1.165) is 11.8 Å². The summed E-state index contributed by atoms with van der Waals surface area (Å²) in [4.78, 5) is 10.7. The van der Waals surface area contributed by atoms with Crippen LogP contribution in [0.1, 0.15) is 0 Å². The molecule has 0 saturated heterocycles. The third-order valence-electron chi connectivity index (χ3n) is 0.970. The normalized spacial score (nSPS) is 11.3. The van der Waals surface area contributed by atoms with Gasteiger partial charge >= 0.3 is 5.97 Å². The number of hydrogen-bond donors (Lipinski definition) is 0. The highest BCUT2D eigenvalue weighted by Crippen LogP contribution is 2.13. The lowest BCUT2D eigenvalue weighted by molar-refractivity contribution is -0.137. The van der Waals surface area contributed by atoms with Crippen molar-refractivity contribution in [1.82, 2.24) is 0 Å². The molecular weight excluding hydrogens is 172 g/mol. The van der Waals surface area contributed by atoms with Crippen LogP contribution in [0, 0.1) is 0 Å². The molecule has 0 aliphatic carbocycles. The first kappa shape index (κ1) is 11.0. The van der Waals surface area contributed by atoms with Crippen molar-refractivity contribution in [1.29, 1.82) is 0 Å². The second-order valence-corrected chi connectivity index (χ2v) is 3.00. The molecule has 0 aliphatic rings. The summed E-state index contributed by atoms with van der Waals surface area (Å²) < 4.78 is 4.89. The predicted molar refractivity (Wildman–Crippen MR) is 52.9 cm³/mol. The van der Waals surface area contributed by atoms with Gasteiger partial charge in [0.25, 0.3) is 0 Å². The summed E-state index contributed by atoms with van der Waals surface area (Å²) in [6, 6.07) is 0. The van der Waals surface area contributed by atoms with Gasteiger partial charge in [-0.3, -0.25) is 0 Å². The van der Waals surface area contributed by atoms with Gasteiger partial charge in [0, 0.05) is 11.8 Å². The van der Waals surface area contributed by atoms with E-state index in [1.807, 2.05) is 0 Å². The Labute approximate surface area is 77.0 Å². The molecular formula is C9H12O2S. The molecule has 2 nitrogen and oxygen atoms in total. The predicted octanol–water partition coefficient (Wildman–Crippen LogP) is 2.15. The fraction of sp³-hybridized carbons (Fsp3) is 0.222. The molecule has 3 heteroatoms. The van der Waals surface area contributed by atoms with Crippen molar-refractivity contribution in [2.24, 2.45) is 0 Å². The van der Waals surface area contributed by atoms with Crippen LogP contribution in [0.25, 0.3) is 0 Å². The summed E-state index contributed by atoms with van der Waals surface area (Å²) in [5, 5.41) is 0. The fourth-order valence-electron chi connectivity index (χ4n) is 0.476. The average Bonchev–Trinajstić information content (AvgIpc) is 2.11. The largest absolute Gasteiger partial charge is 0.444 e. The van der Waals surface area contributed by atoms with Crippen molar-refractivity contribution in [2.75, 3.05) is 5.75 Å². The quantitative estimate of drug-likeness (QED) is 0.274. The van der Waals surface area contributed by atoms with Crippen molar-refractivity contribution in [3.63, 3.8) is 0 Å². The first-order chi connectivity index (χ1) is 5.74. The van der Waals surface area contributed by atoms with Crippen LogP contribution in [0.5, 0.6) is 0 Å². The highest BCUT2D eigenvalue weighted by Gasteiger charge is 2.06. The van der Waals surface area contributed by atoms with E-state index in [-0.39, 0.29) is 5.44 Å². The Morgan fingerprint density at radius 2 is 2.17 bits per heavy atom. The zero-order valence-electron chi connectivity index (χ0n) is 6.86. The number of ether oxygens (including phenoxy) is 1. The number of hydrogen-bond acceptors (Lipinski definition) is 3. The van der Waals surface area contributed by atoms with E-state index in [9.17, 15) is 4.79 Å². The van der Waals surface area contributed by atoms with Gasteiger partial charge in [0.2, 0.25) is 0 Å². The van der Waals surface area contributed by atoms with Gasteiger partial charge in [-0.15, -0.1) is 18.3 Å². The molecule has 0 fully saturated rings. The minimum absolute atomic E-state index is 0.312. The molecule has 0 radical (unpaired) electrons. The summed E-state index contributed by atoms with van der Waals surface area (Å²) in [5.41, 5.74) is -0.312. The molecule has 0 amide bonds. The minimum Gasteiger partial charge on any atom is -0.444 e. The second-order valence-electron chi connectivity index (χ2n) is 1.87. The summed E-state index contributed by atoms with van der Waals surface area (Å²) in [6.07, 6.45) is 4.43. The van der Waals surface area contributed by atoms with Gasteiger partial charge in [-0.05, 0) is 6.08 Å². The van der Waals surface area contributed by atoms with Gasteiger partial charge in [-0.2, -0.15) is 0 Å². The lowest BCUT2D eigenvalue weighted by Gasteiger charge is -2.10. The summed E-state index contributed by atoms with van der Waals surface area (Å²) in [5.74, 6) is 0.289. The van der Waals surface area contributed by atoms with E-state index in [0.29, 0.717) is 0 Å². The van der Waals surface area contributed by atoms with Gasteiger partial charge < -0.3 is 4.74 Å². The minimum atomic E-state index is -0.434. The maximum absolute atomic E-state index is 10.7. The molecule has 0 N–H and O–H groups in total. The molecule has 0 saturated carbocycles. The number of thioether (sulfide) groups is 1. The molecule has 12 heavy (non-hydrogen) atoms. The number of carbonyl (C=O) groups excluding carboxylic acids is 1. The van der Waals surface area contributed by atoms with E-state index in [1.54, 1.807) is 12.2 Å². The second kappa shape index (κ2) is 6.73. The van der Waals surface area contributed by atoms with Crippen molar-refractivity contribution in [3.8, 4) is 0 Å². The molecule has 0 aromatic heterocycles. The number of esters is 1. The van der Waals surface area contributed by atoms with E-state index < -0.39 is 5.97 Å². The molecule has 0 bridgehead atoms. The maximum atomic E-state index is 10.7. The third kappa shape index (κ3) is 4.79. The average molecular weight is 184 g/mol. The monoisotopic (exact) mass is 184 g/mol. The van der Waals surface area contributed by atoms with E-state index in [1.165, 1.54) is 11.8 Å². The van der Waals surface area contributed by atoms with Crippen LogP contribution in [0.3, 0.4) is 0 Å². The van der Waals surface area contributed by atoms with Crippen LogP contribution < -0.4 is 0 Å². The van der Waals surface area contributed by atoms with Crippen LogP contribution >= 0.6 is 11.8 Å². The Bertz CT molecular complexity index is 187. The molecule has 0 aliphatic heterocycles. The van der Waals surface area contributed by atoms with Crippen LogP contribution in [0.4, 0.5) is 0 Å². The van der Waals surface area contributed by atoms with Gasteiger partial charge in [-0.25, -0.2) is 4.79 Å². The van der Waals surface area contributed by atoms with Crippen molar-refractivity contribution in [3.05, 3.63) is 38.0 Å². The van der Waals surface area contributed by atoms with Crippen LogP contribution in [0.15, 0.2) is 38.0 Å². The van der Waals surface area contributed by atoms with E-state index in [2.05, 4.69) is 19.7 Å². The first-order valence-electron chi connectivity index (χ1n) is 3.42. The Hall–Kier alpha value is -0.960. The Balaban J connectivity index is 3.81. The van der Waals surface area contributed by atoms with Crippen LogP contribution in [-0.4, -0.2) is 17.2 Å². The van der Waals surface area contributed by atoms with Crippen LogP contribution in [0.2, 0.25) is 0 Å². The molecule has 0 heterocycles. The number of carbonyl (C=O) groups is 1.